The average molecular weight is 547 g/mol. The first kappa shape index (κ1) is 23.9. The zero-order valence-corrected chi connectivity index (χ0v) is 21.2. The van der Waals surface area contributed by atoms with E-state index in [4.69, 9.17) is 28.2 Å². The van der Waals surface area contributed by atoms with Crippen LogP contribution in [0.4, 0.5) is 20.4 Å². The predicted molar refractivity (Wildman–Crippen MR) is 139 cm³/mol. The average Bonchev–Trinajstić information content (AvgIpc) is 3.61. The first-order valence-corrected chi connectivity index (χ1v) is 12.3. The molecule has 4 aromatic heterocycles. The van der Waals surface area contributed by atoms with E-state index in [9.17, 15) is 8.78 Å². The number of halogens is 4. The van der Waals surface area contributed by atoms with Crippen LogP contribution >= 0.6 is 23.2 Å². The van der Waals surface area contributed by atoms with Crippen LogP contribution in [0.1, 0.15) is 12.4 Å². The number of aromatic amines is 1. The molecule has 0 unspecified atom stereocenters. The van der Waals surface area contributed by atoms with Gasteiger partial charge in [-0.2, -0.15) is 13.9 Å². The number of nitrogens with one attached hydrogen (secondary N) is 2. The van der Waals surface area contributed by atoms with E-state index >= 15 is 0 Å². The van der Waals surface area contributed by atoms with Crippen LogP contribution in [0, 0.1) is 0 Å². The fraction of sp³-hybridized carbons (Fsp3) is 0.304. The van der Waals surface area contributed by atoms with Crippen LogP contribution in [0.25, 0.3) is 27.9 Å². The summed E-state index contributed by atoms with van der Waals surface area (Å²) in [7, 11) is 2.09. The van der Waals surface area contributed by atoms with E-state index in [1.54, 1.807) is 18.3 Å². The monoisotopic (exact) mass is 546 g/mol. The zero-order chi connectivity index (χ0) is 25.7. The molecule has 1 fully saturated rings. The normalized spacial score (nSPS) is 14.9. The second-order valence-electron chi connectivity index (χ2n) is 8.88. The lowest BCUT2D eigenvalue weighted by Gasteiger charge is -2.33. The molecule has 0 spiro atoms. The van der Waals surface area contributed by atoms with E-state index in [0.717, 1.165) is 37.5 Å². The lowest BCUT2D eigenvalue weighted by atomic mass is 10.3. The van der Waals surface area contributed by atoms with Gasteiger partial charge in [-0.25, -0.2) is 19.6 Å². The molecule has 0 radical (unpaired) electrons. The van der Waals surface area contributed by atoms with Crippen molar-refractivity contribution in [3.63, 3.8) is 0 Å². The van der Waals surface area contributed by atoms with E-state index in [1.165, 1.54) is 12.4 Å². The summed E-state index contributed by atoms with van der Waals surface area (Å²) in [5.74, 6) is 1.97. The number of hydrogen-bond acceptors (Lipinski definition) is 7. The Morgan fingerprint density at radius 2 is 1.84 bits per heavy atom. The third-order valence-corrected chi connectivity index (χ3v) is 7.12. The highest BCUT2D eigenvalue weighted by atomic mass is 35.5. The Labute approximate surface area is 219 Å². The molecule has 0 amide bonds. The van der Waals surface area contributed by atoms with Gasteiger partial charge >= 0.3 is 6.55 Å². The fourth-order valence-electron chi connectivity index (χ4n) is 4.38. The van der Waals surface area contributed by atoms with Crippen molar-refractivity contribution >= 4 is 51.5 Å². The van der Waals surface area contributed by atoms with Crippen molar-refractivity contribution < 1.29 is 8.78 Å². The summed E-state index contributed by atoms with van der Waals surface area (Å²) in [5, 5.41) is 8.00. The molecule has 10 nitrogen and oxygen atoms in total. The Hall–Kier alpha value is -3.48. The summed E-state index contributed by atoms with van der Waals surface area (Å²) in [4.78, 5) is 21.7. The summed E-state index contributed by atoms with van der Waals surface area (Å²) in [6.07, 6.45) is 6.23. The van der Waals surface area contributed by atoms with E-state index in [-0.39, 0.29) is 0 Å². The molecule has 14 heteroatoms. The molecule has 1 saturated heterocycles. The Balaban J connectivity index is 1.37. The number of piperazine rings is 1. The SMILES string of the molecule is CN1CCN(c2cn3c(-c4cnn(C(F)F)c4)cnc3c(NCc3nc4cc(Cl)c(Cl)cc4[nH]3)n2)CC1. The molecule has 0 atom stereocenters. The predicted octanol–water partition coefficient (Wildman–Crippen LogP) is 4.53. The third-order valence-electron chi connectivity index (χ3n) is 6.40. The molecule has 1 aliphatic heterocycles. The highest BCUT2D eigenvalue weighted by Gasteiger charge is 2.21. The van der Waals surface area contributed by atoms with Gasteiger partial charge in [-0.1, -0.05) is 23.2 Å². The molecule has 1 aromatic carbocycles. The highest BCUT2D eigenvalue weighted by Crippen LogP contribution is 2.29. The fourth-order valence-corrected chi connectivity index (χ4v) is 4.70. The number of H-pyrrole nitrogens is 1. The second kappa shape index (κ2) is 9.43. The van der Waals surface area contributed by atoms with Crippen molar-refractivity contribution in [2.75, 3.05) is 43.4 Å². The van der Waals surface area contributed by atoms with Crippen molar-refractivity contribution in [2.45, 2.75) is 13.1 Å². The van der Waals surface area contributed by atoms with Gasteiger partial charge in [0.1, 0.15) is 11.6 Å². The standard InChI is InChI=1S/C23H22Cl2F2N10/c1-34-2-4-35(5-3-34)20-12-36-18(13-8-30-37(11-13)23(26)27)9-29-22(36)21(33-20)28-10-19-31-16-6-14(24)15(25)7-17(16)32-19/h6-9,11-12,23H,2-5,10H2,1H3,(H,28,33)(H,31,32). The van der Waals surface area contributed by atoms with Crippen molar-refractivity contribution in [1.82, 2.24) is 39.0 Å². The van der Waals surface area contributed by atoms with Crippen LogP contribution in [-0.4, -0.2) is 72.2 Å². The minimum atomic E-state index is -2.72. The summed E-state index contributed by atoms with van der Waals surface area (Å²) in [6, 6.07) is 3.45. The number of nitrogens with zero attached hydrogens (tertiary/aromatic N) is 8. The number of likely N-dealkylation sites (N-methyl/N-ethyl adjacent to an activating group) is 1. The lowest BCUT2D eigenvalue weighted by molar-refractivity contribution is 0.0566. The van der Waals surface area contributed by atoms with Crippen LogP contribution < -0.4 is 10.2 Å². The highest BCUT2D eigenvalue weighted by molar-refractivity contribution is 6.42. The Bertz CT molecular complexity index is 1550. The van der Waals surface area contributed by atoms with Crippen LogP contribution in [0.2, 0.25) is 10.0 Å². The number of hydrogen-bond donors (Lipinski definition) is 2. The minimum absolute atomic E-state index is 0.338. The van der Waals surface area contributed by atoms with E-state index in [0.29, 0.717) is 55.3 Å². The number of rotatable bonds is 6. The maximum Gasteiger partial charge on any atom is 0.333 e. The zero-order valence-electron chi connectivity index (χ0n) is 19.7. The third kappa shape index (κ3) is 4.56. The van der Waals surface area contributed by atoms with Crippen molar-refractivity contribution in [3.8, 4) is 11.3 Å². The van der Waals surface area contributed by atoms with Gasteiger partial charge in [-0.3, -0.25) is 4.40 Å². The second-order valence-corrected chi connectivity index (χ2v) is 9.70. The first-order valence-electron chi connectivity index (χ1n) is 11.6. The van der Waals surface area contributed by atoms with Crippen molar-refractivity contribution in [2.24, 2.45) is 0 Å². The van der Waals surface area contributed by atoms with Gasteiger partial charge in [0.2, 0.25) is 0 Å². The van der Waals surface area contributed by atoms with E-state index in [2.05, 4.69) is 42.2 Å². The van der Waals surface area contributed by atoms with Gasteiger partial charge in [-0.05, 0) is 19.2 Å². The van der Waals surface area contributed by atoms with Crippen LogP contribution in [0.3, 0.4) is 0 Å². The Kier molecular flexibility index (Phi) is 6.09. The quantitative estimate of drug-likeness (QED) is 0.323. The number of imidazole rings is 2. The molecule has 5 aromatic rings. The number of alkyl halides is 2. The number of aromatic nitrogens is 7. The smallest absolute Gasteiger partial charge is 0.333 e. The van der Waals surface area contributed by atoms with Crippen molar-refractivity contribution in [3.05, 3.63) is 52.8 Å². The van der Waals surface area contributed by atoms with E-state index in [1.807, 2.05) is 10.6 Å². The lowest BCUT2D eigenvalue weighted by Crippen LogP contribution is -2.45. The number of fused-ring (bicyclic) bond motifs is 2. The van der Waals surface area contributed by atoms with Crippen LogP contribution in [-0.2, 0) is 6.54 Å². The molecule has 192 valence electrons. The molecule has 37 heavy (non-hydrogen) atoms. The summed E-state index contributed by atoms with van der Waals surface area (Å²) in [6.45, 7) is 1.06. The summed E-state index contributed by atoms with van der Waals surface area (Å²) >= 11 is 12.3. The van der Waals surface area contributed by atoms with Crippen LogP contribution in [0.15, 0.2) is 36.9 Å². The maximum absolute atomic E-state index is 13.1. The van der Waals surface area contributed by atoms with Gasteiger partial charge in [0.05, 0.1) is 51.9 Å². The largest absolute Gasteiger partial charge is 0.360 e. The molecule has 2 N–H and O–H groups in total. The molecular weight excluding hydrogens is 525 g/mol. The topological polar surface area (TPSA) is 95.2 Å². The molecule has 0 aliphatic carbocycles. The van der Waals surface area contributed by atoms with Gasteiger partial charge in [0.25, 0.3) is 0 Å². The Morgan fingerprint density at radius 3 is 2.59 bits per heavy atom. The van der Waals surface area contributed by atoms with Gasteiger partial charge < -0.3 is 20.1 Å². The molecule has 1 aliphatic rings. The maximum atomic E-state index is 13.1. The molecule has 0 bridgehead atoms. The number of anilines is 2. The summed E-state index contributed by atoms with van der Waals surface area (Å²) < 4.78 is 28.8. The van der Waals surface area contributed by atoms with Crippen LogP contribution in [0.5, 0.6) is 0 Å². The van der Waals surface area contributed by atoms with Crippen molar-refractivity contribution in [1.29, 1.82) is 0 Å². The van der Waals surface area contributed by atoms with E-state index < -0.39 is 6.55 Å². The minimum Gasteiger partial charge on any atom is -0.360 e. The molecule has 6 rings (SSSR count). The van der Waals surface area contributed by atoms with Gasteiger partial charge in [0.15, 0.2) is 11.5 Å². The van der Waals surface area contributed by atoms with Gasteiger partial charge in [-0.15, -0.1) is 0 Å². The summed E-state index contributed by atoms with van der Waals surface area (Å²) in [5.41, 5.74) is 3.19. The molecular formula is C23H22Cl2F2N10. The first-order chi connectivity index (χ1) is 17.9. The number of benzene rings is 1. The molecule has 5 heterocycles. The van der Waals surface area contributed by atoms with Gasteiger partial charge in [0, 0.05) is 37.9 Å². The Morgan fingerprint density at radius 1 is 1.05 bits per heavy atom. The molecule has 0 saturated carbocycles.